The molecule has 0 aliphatic heterocycles. The van der Waals surface area contributed by atoms with Crippen molar-refractivity contribution in [3.8, 4) is 0 Å². The van der Waals surface area contributed by atoms with E-state index in [0.717, 1.165) is 6.54 Å². The molecular weight excluding hydrogens is 124 g/mol. The first-order valence-corrected chi connectivity index (χ1v) is 3.71. The Balaban J connectivity index is 2.27. The van der Waals surface area contributed by atoms with E-state index < -0.39 is 0 Å². The molecule has 0 unspecified atom stereocenters. The fourth-order valence-electron chi connectivity index (χ4n) is 1.39. The number of nitrogens with one attached hydrogen (secondary N) is 1. The molecule has 0 atom stereocenters. The van der Waals surface area contributed by atoms with Crippen LogP contribution in [0.25, 0.3) is 0 Å². The molecule has 10 heavy (non-hydrogen) atoms. The van der Waals surface area contributed by atoms with Crippen molar-refractivity contribution in [2.45, 2.75) is 18.3 Å². The van der Waals surface area contributed by atoms with E-state index >= 15 is 0 Å². The number of nitrogens with two attached hydrogens (primary N) is 1. The van der Waals surface area contributed by atoms with Gasteiger partial charge in [-0.25, -0.2) is 0 Å². The van der Waals surface area contributed by atoms with Crippen molar-refractivity contribution < 1.29 is 0 Å². The third kappa shape index (κ3) is 0.688. The zero-order chi connectivity index (χ0) is 7.03. The summed E-state index contributed by atoms with van der Waals surface area (Å²) in [5.41, 5.74) is 7.29. The molecule has 2 heteroatoms. The summed E-state index contributed by atoms with van der Waals surface area (Å²) in [5.74, 6) is 0. The van der Waals surface area contributed by atoms with Gasteiger partial charge in [0.05, 0.1) is 0 Å². The maximum Gasteiger partial charge on any atom is 0.0227 e. The van der Waals surface area contributed by atoms with Gasteiger partial charge >= 0.3 is 0 Å². The van der Waals surface area contributed by atoms with Crippen LogP contribution in [0.15, 0.2) is 18.3 Å². The summed E-state index contributed by atoms with van der Waals surface area (Å²) >= 11 is 0. The van der Waals surface area contributed by atoms with E-state index in [1.54, 1.807) is 0 Å². The first-order chi connectivity index (χ1) is 4.87. The van der Waals surface area contributed by atoms with Crippen LogP contribution in [0.1, 0.15) is 18.5 Å². The average molecular weight is 136 g/mol. The molecular formula is C8H12N2. The molecule has 0 amide bonds. The molecule has 1 fully saturated rings. The minimum atomic E-state index is 0.337. The van der Waals surface area contributed by atoms with Crippen LogP contribution in [0.4, 0.5) is 0 Å². The molecule has 2 nitrogen and oxygen atoms in total. The standard InChI is InChI=1S/C8H12N2/c9-6-8(3-4-8)7-2-1-5-10-7/h1-2,5,10H,3-4,6,9H2. The van der Waals surface area contributed by atoms with E-state index in [0.29, 0.717) is 5.41 Å². The lowest BCUT2D eigenvalue weighted by Gasteiger charge is -2.08. The molecule has 3 N–H and O–H groups in total. The van der Waals surface area contributed by atoms with Gasteiger partial charge in [0, 0.05) is 23.9 Å². The zero-order valence-electron chi connectivity index (χ0n) is 5.93. The Labute approximate surface area is 60.4 Å². The number of aromatic nitrogens is 1. The predicted molar refractivity (Wildman–Crippen MR) is 40.8 cm³/mol. The summed E-state index contributed by atoms with van der Waals surface area (Å²) in [6, 6.07) is 4.16. The van der Waals surface area contributed by atoms with Gasteiger partial charge in [0.1, 0.15) is 0 Å². The molecule has 1 aromatic heterocycles. The third-order valence-corrected chi connectivity index (χ3v) is 2.41. The first kappa shape index (κ1) is 5.98. The maximum absolute atomic E-state index is 5.64. The van der Waals surface area contributed by atoms with Gasteiger partial charge in [-0.1, -0.05) is 0 Å². The lowest BCUT2D eigenvalue weighted by atomic mass is 10.0. The Morgan fingerprint density at radius 1 is 1.60 bits per heavy atom. The van der Waals surface area contributed by atoms with Gasteiger partial charge in [0.25, 0.3) is 0 Å². The van der Waals surface area contributed by atoms with Gasteiger partial charge in [-0.2, -0.15) is 0 Å². The lowest BCUT2D eigenvalue weighted by Crippen LogP contribution is -2.19. The Morgan fingerprint density at radius 3 is 2.80 bits per heavy atom. The minimum Gasteiger partial charge on any atom is -0.364 e. The fourth-order valence-corrected chi connectivity index (χ4v) is 1.39. The summed E-state index contributed by atoms with van der Waals surface area (Å²) in [6.45, 7) is 0.785. The highest BCUT2D eigenvalue weighted by Crippen LogP contribution is 2.46. The van der Waals surface area contributed by atoms with Gasteiger partial charge < -0.3 is 10.7 Å². The monoisotopic (exact) mass is 136 g/mol. The van der Waals surface area contributed by atoms with Crippen LogP contribution < -0.4 is 5.73 Å². The quantitative estimate of drug-likeness (QED) is 0.626. The summed E-state index contributed by atoms with van der Waals surface area (Å²) in [6.07, 6.45) is 4.47. The third-order valence-electron chi connectivity index (χ3n) is 2.41. The highest BCUT2D eigenvalue weighted by atomic mass is 14.8. The fraction of sp³-hybridized carbons (Fsp3) is 0.500. The molecule has 1 aromatic rings. The smallest absolute Gasteiger partial charge is 0.0227 e. The van der Waals surface area contributed by atoms with Crippen LogP contribution in [-0.2, 0) is 5.41 Å². The van der Waals surface area contributed by atoms with Crippen molar-refractivity contribution in [3.05, 3.63) is 24.0 Å². The number of H-pyrrole nitrogens is 1. The Kier molecular flexibility index (Phi) is 1.11. The Bertz CT molecular complexity index is 209. The van der Waals surface area contributed by atoms with Crippen LogP contribution in [-0.4, -0.2) is 11.5 Å². The molecule has 0 bridgehead atoms. The summed E-state index contributed by atoms with van der Waals surface area (Å²) < 4.78 is 0. The van der Waals surface area contributed by atoms with Crippen molar-refractivity contribution in [1.29, 1.82) is 0 Å². The van der Waals surface area contributed by atoms with Crippen LogP contribution in [0.2, 0.25) is 0 Å². The SMILES string of the molecule is NCC1(c2ccc[nH]2)CC1. The molecule has 0 aromatic carbocycles. The van der Waals surface area contributed by atoms with Gasteiger partial charge in [0.2, 0.25) is 0 Å². The number of rotatable bonds is 2. The summed E-state index contributed by atoms with van der Waals surface area (Å²) in [4.78, 5) is 3.21. The van der Waals surface area contributed by atoms with E-state index in [9.17, 15) is 0 Å². The molecule has 1 aliphatic carbocycles. The molecule has 2 rings (SSSR count). The molecule has 0 radical (unpaired) electrons. The molecule has 54 valence electrons. The average Bonchev–Trinajstić information content (AvgIpc) is 2.58. The molecule has 0 saturated heterocycles. The van der Waals surface area contributed by atoms with Crippen LogP contribution in [0.5, 0.6) is 0 Å². The lowest BCUT2D eigenvalue weighted by molar-refractivity contribution is 0.684. The zero-order valence-corrected chi connectivity index (χ0v) is 5.93. The van der Waals surface area contributed by atoms with E-state index in [4.69, 9.17) is 5.73 Å². The Morgan fingerprint density at radius 2 is 2.40 bits per heavy atom. The number of hydrogen-bond donors (Lipinski definition) is 2. The van der Waals surface area contributed by atoms with Gasteiger partial charge in [0.15, 0.2) is 0 Å². The molecule has 0 spiro atoms. The van der Waals surface area contributed by atoms with Crippen LogP contribution >= 0.6 is 0 Å². The van der Waals surface area contributed by atoms with Crippen LogP contribution in [0, 0.1) is 0 Å². The van der Waals surface area contributed by atoms with Crippen molar-refractivity contribution in [1.82, 2.24) is 4.98 Å². The van der Waals surface area contributed by atoms with Crippen molar-refractivity contribution in [2.24, 2.45) is 5.73 Å². The Hall–Kier alpha value is -0.760. The highest BCUT2D eigenvalue weighted by molar-refractivity contribution is 5.25. The first-order valence-electron chi connectivity index (χ1n) is 3.71. The molecule has 1 saturated carbocycles. The predicted octanol–water partition coefficient (Wildman–Crippen LogP) is 1.00. The molecule has 1 aliphatic rings. The van der Waals surface area contributed by atoms with E-state index in [1.165, 1.54) is 18.5 Å². The van der Waals surface area contributed by atoms with Gasteiger partial charge in [-0.05, 0) is 25.0 Å². The number of aromatic amines is 1. The van der Waals surface area contributed by atoms with E-state index in [-0.39, 0.29) is 0 Å². The van der Waals surface area contributed by atoms with Crippen molar-refractivity contribution in [3.63, 3.8) is 0 Å². The van der Waals surface area contributed by atoms with Gasteiger partial charge in [-0.15, -0.1) is 0 Å². The summed E-state index contributed by atoms with van der Waals surface area (Å²) in [5, 5.41) is 0. The summed E-state index contributed by atoms with van der Waals surface area (Å²) in [7, 11) is 0. The maximum atomic E-state index is 5.64. The van der Waals surface area contributed by atoms with Crippen molar-refractivity contribution >= 4 is 0 Å². The second kappa shape index (κ2) is 1.86. The second-order valence-electron chi connectivity index (χ2n) is 3.07. The van der Waals surface area contributed by atoms with Crippen molar-refractivity contribution in [2.75, 3.05) is 6.54 Å². The normalized spacial score (nSPS) is 20.9. The highest BCUT2D eigenvalue weighted by Gasteiger charge is 2.43. The second-order valence-corrected chi connectivity index (χ2v) is 3.07. The number of hydrogen-bond acceptors (Lipinski definition) is 1. The van der Waals surface area contributed by atoms with E-state index in [2.05, 4.69) is 11.1 Å². The molecule has 1 heterocycles. The minimum absolute atomic E-state index is 0.337. The topological polar surface area (TPSA) is 41.8 Å². The van der Waals surface area contributed by atoms with Gasteiger partial charge in [-0.3, -0.25) is 0 Å². The largest absolute Gasteiger partial charge is 0.364 e. The van der Waals surface area contributed by atoms with E-state index in [1.807, 2.05) is 12.3 Å². The van der Waals surface area contributed by atoms with Crippen LogP contribution in [0.3, 0.4) is 0 Å².